The summed E-state index contributed by atoms with van der Waals surface area (Å²) in [6.45, 7) is 0. The van der Waals surface area contributed by atoms with Crippen LogP contribution in [0.3, 0.4) is 0 Å². The quantitative estimate of drug-likeness (QED) is 0.788. The van der Waals surface area contributed by atoms with E-state index in [1.165, 1.54) is 31.2 Å². The number of hydrogen-bond acceptors (Lipinski definition) is 2. The predicted molar refractivity (Wildman–Crippen MR) is 63.5 cm³/mol. The highest BCUT2D eigenvalue weighted by atomic mass is 16.3. The van der Waals surface area contributed by atoms with Gasteiger partial charge in [0.25, 0.3) is 0 Å². The molecule has 1 aromatic carbocycles. The van der Waals surface area contributed by atoms with E-state index in [1.54, 1.807) is 12.1 Å². The van der Waals surface area contributed by atoms with Gasteiger partial charge in [-0.05, 0) is 42.4 Å². The molecule has 0 aliphatic heterocycles. The minimum absolute atomic E-state index is 0.292. The van der Waals surface area contributed by atoms with Crippen LogP contribution in [0, 0.1) is 5.92 Å². The summed E-state index contributed by atoms with van der Waals surface area (Å²) in [5.41, 5.74) is 1.19. The third kappa shape index (κ3) is 2.43. The summed E-state index contributed by atoms with van der Waals surface area (Å²) >= 11 is 0. The van der Waals surface area contributed by atoms with Crippen molar-refractivity contribution in [1.82, 2.24) is 0 Å². The molecular weight excluding hydrogens is 200 g/mol. The van der Waals surface area contributed by atoms with Crippen LogP contribution >= 0.6 is 0 Å². The van der Waals surface area contributed by atoms with Crippen molar-refractivity contribution in [3.05, 3.63) is 29.8 Å². The molecule has 1 atom stereocenters. The van der Waals surface area contributed by atoms with Crippen molar-refractivity contribution in [3.63, 3.8) is 0 Å². The fraction of sp³-hybridized carbons (Fsp3) is 0.500. The Balaban J connectivity index is 2.17. The first kappa shape index (κ1) is 11.2. The topological polar surface area (TPSA) is 37.3 Å². The number of aldehydes is 1. The van der Waals surface area contributed by atoms with Crippen molar-refractivity contribution in [2.24, 2.45) is 5.92 Å². The van der Waals surface area contributed by atoms with E-state index in [9.17, 15) is 9.90 Å². The molecule has 2 heteroatoms. The molecule has 1 unspecified atom stereocenters. The fourth-order valence-corrected chi connectivity index (χ4v) is 2.79. The zero-order valence-corrected chi connectivity index (χ0v) is 9.43. The molecule has 1 N–H and O–H groups in total. The van der Waals surface area contributed by atoms with Crippen molar-refractivity contribution in [2.45, 2.75) is 38.0 Å². The van der Waals surface area contributed by atoms with Gasteiger partial charge in [-0.2, -0.15) is 0 Å². The smallest absolute Gasteiger partial charge is 0.120 e. The highest BCUT2D eigenvalue weighted by Gasteiger charge is 2.25. The first-order valence-electron chi connectivity index (χ1n) is 6.04. The Bertz CT molecular complexity index is 336. The fourth-order valence-electron chi connectivity index (χ4n) is 2.79. The van der Waals surface area contributed by atoms with Gasteiger partial charge in [0.05, 0.1) is 0 Å². The second kappa shape index (κ2) is 5.15. The predicted octanol–water partition coefficient (Wildman–Crippen LogP) is 3.26. The Labute approximate surface area is 96.3 Å². The van der Waals surface area contributed by atoms with E-state index in [1.807, 2.05) is 12.1 Å². The van der Waals surface area contributed by atoms with Crippen LogP contribution in [0.25, 0.3) is 0 Å². The third-order valence-electron chi connectivity index (χ3n) is 3.64. The molecule has 2 rings (SSSR count). The zero-order valence-electron chi connectivity index (χ0n) is 9.43. The van der Waals surface area contributed by atoms with Crippen LogP contribution in [-0.4, -0.2) is 11.4 Å². The zero-order chi connectivity index (χ0) is 11.4. The molecule has 0 amide bonds. The Kier molecular flexibility index (Phi) is 3.60. The summed E-state index contributed by atoms with van der Waals surface area (Å²) in [7, 11) is 0. The molecule has 1 saturated carbocycles. The van der Waals surface area contributed by atoms with E-state index in [2.05, 4.69) is 0 Å². The summed E-state index contributed by atoms with van der Waals surface area (Å²) in [6.07, 6.45) is 6.68. The van der Waals surface area contributed by atoms with Crippen LogP contribution in [-0.2, 0) is 4.79 Å². The Morgan fingerprint density at radius 2 is 1.88 bits per heavy atom. The molecule has 1 aromatic rings. The van der Waals surface area contributed by atoms with Gasteiger partial charge in [-0.15, -0.1) is 0 Å². The van der Waals surface area contributed by atoms with Gasteiger partial charge in [0.1, 0.15) is 12.0 Å². The molecule has 0 spiro atoms. The lowest BCUT2D eigenvalue weighted by Crippen LogP contribution is -2.10. The Hall–Kier alpha value is -1.31. The number of rotatable bonds is 4. The van der Waals surface area contributed by atoms with Gasteiger partial charge in [-0.3, -0.25) is 0 Å². The molecule has 2 nitrogen and oxygen atoms in total. The lowest BCUT2D eigenvalue weighted by atomic mass is 9.83. The van der Waals surface area contributed by atoms with Gasteiger partial charge in [0.2, 0.25) is 0 Å². The van der Waals surface area contributed by atoms with Gasteiger partial charge in [0.15, 0.2) is 0 Å². The van der Waals surface area contributed by atoms with Crippen molar-refractivity contribution >= 4 is 6.29 Å². The second-order valence-corrected chi connectivity index (χ2v) is 4.64. The van der Waals surface area contributed by atoms with E-state index in [0.717, 1.165) is 6.29 Å². The number of benzene rings is 1. The lowest BCUT2D eigenvalue weighted by molar-refractivity contribution is -0.108. The van der Waals surface area contributed by atoms with Crippen LogP contribution in [0.5, 0.6) is 5.75 Å². The van der Waals surface area contributed by atoms with E-state index in [-0.39, 0.29) is 0 Å². The van der Waals surface area contributed by atoms with Crippen molar-refractivity contribution in [2.75, 3.05) is 0 Å². The number of phenolic OH excluding ortho intramolecular Hbond substituents is 1. The molecule has 16 heavy (non-hydrogen) atoms. The maximum Gasteiger partial charge on any atom is 0.120 e. The SMILES string of the molecule is O=CCC(c1ccc(O)cc1)C1CCCC1. The van der Waals surface area contributed by atoms with Crippen molar-refractivity contribution < 1.29 is 9.90 Å². The number of hydrogen-bond donors (Lipinski definition) is 1. The average molecular weight is 218 g/mol. The minimum Gasteiger partial charge on any atom is -0.508 e. The number of phenols is 1. The molecule has 0 bridgehead atoms. The summed E-state index contributed by atoms with van der Waals surface area (Å²) in [4.78, 5) is 10.8. The molecule has 86 valence electrons. The van der Waals surface area contributed by atoms with E-state index in [0.29, 0.717) is 24.0 Å². The lowest BCUT2D eigenvalue weighted by Gasteiger charge is -2.21. The van der Waals surface area contributed by atoms with Crippen LogP contribution in [0.2, 0.25) is 0 Å². The maximum atomic E-state index is 10.8. The van der Waals surface area contributed by atoms with Crippen LogP contribution in [0.15, 0.2) is 24.3 Å². The Morgan fingerprint density at radius 3 is 2.44 bits per heavy atom. The number of aromatic hydroxyl groups is 1. The van der Waals surface area contributed by atoms with E-state index >= 15 is 0 Å². The number of carbonyl (C=O) groups excluding carboxylic acids is 1. The highest BCUT2D eigenvalue weighted by molar-refractivity contribution is 5.52. The molecule has 0 heterocycles. The third-order valence-corrected chi connectivity index (χ3v) is 3.64. The molecule has 0 radical (unpaired) electrons. The molecule has 1 aliphatic rings. The summed E-state index contributed by atoms with van der Waals surface area (Å²) in [5.74, 6) is 1.29. The average Bonchev–Trinajstić information content (AvgIpc) is 2.81. The molecule has 1 fully saturated rings. The van der Waals surface area contributed by atoms with Gasteiger partial charge in [-0.25, -0.2) is 0 Å². The van der Waals surface area contributed by atoms with Crippen LogP contribution in [0.4, 0.5) is 0 Å². The maximum absolute atomic E-state index is 10.8. The van der Waals surface area contributed by atoms with E-state index < -0.39 is 0 Å². The summed E-state index contributed by atoms with van der Waals surface area (Å²) in [5, 5.41) is 9.26. The van der Waals surface area contributed by atoms with Gasteiger partial charge in [-0.1, -0.05) is 25.0 Å². The van der Waals surface area contributed by atoms with Crippen molar-refractivity contribution in [1.29, 1.82) is 0 Å². The second-order valence-electron chi connectivity index (χ2n) is 4.64. The van der Waals surface area contributed by atoms with Crippen molar-refractivity contribution in [3.8, 4) is 5.75 Å². The molecular formula is C14H18O2. The van der Waals surface area contributed by atoms with Gasteiger partial charge >= 0.3 is 0 Å². The number of carbonyl (C=O) groups is 1. The van der Waals surface area contributed by atoms with Crippen LogP contribution < -0.4 is 0 Å². The first-order valence-corrected chi connectivity index (χ1v) is 6.04. The Morgan fingerprint density at radius 1 is 1.25 bits per heavy atom. The largest absolute Gasteiger partial charge is 0.508 e. The molecule has 0 aromatic heterocycles. The highest BCUT2D eigenvalue weighted by Crippen LogP contribution is 2.39. The van der Waals surface area contributed by atoms with Gasteiger partial charge < -0.3 is 9.90 Å². The summed E-state index contributed by atoms with van der Waals surface area (Å²) in [6, 6.07) is 7.31. The van der Waals surface area contributed by atoms with Gasteiger partial charge in [0, 0.05) is 6.42 Å². The minimum atomic E-state index is 0.292. The monoisotopic (exact) mass is 218 g/mol. The molecule has 0 saturated heterocycles. The molecule has 1 aliphatic carbocycles. The van der Waals surface area contributed by atoms with E-state index in [4.69, 9.17) is 0 Å². The van der Waals surface area contributed by atoms with Crippen LogP contribution in [0.1, 0.15) is 43.6 Å². The normalized spacial score (nSPS) is 18.5. The standard InChI is InChI=1S/C14H18O2/c15-10-9-14(11-3-1-2-4-11)12-5-7-13(16)8-6-12/h5-8,10-11,14,16H,1-4,9H2. The first-order chi connectivity index (χ1) is 7.81. The summed E-state index contributed by atoms with van der Waals surface area (Å²) < 4.78 is 0.